The molecule has 0 nitrogen and oxygen atoms in total. The van der Waals surface area contributed by atoms with Crippen LogP contribution in [0.3, 0.4) is 0 Å². The summed E-state index contributed by atoms with van der Waals surface area (Å²) in [5.74, 6) is 0. The van der Waals surface area contributed by atoms with Crippen LogP contribution in [0.2, 0.25) is 0 Å². The molecule has 0 heterocycles. The third kappa shape index (κ3) is 2.17. The van der Waals surface area contributed by atoms with Crippen molar-refractivity contribution in [3.05, 3.63) is 121 Å². The van der Waals surface area contributed by atoms with Gasteiger partial charge in [-0.15, -0.1) is 0 Å². The van der Waals surface area contributed by atoms with Gasteiger partial charge in [0.15, 0.2) is 0 Å². The van der Waals surface area contributed by atoms with Crippen molar-refractivity contribution in [3.8, 4) is 0 Å². The Hall–Kier alpha value is -2.83. The van der Waals surface area contributed by atoms with Crippen molar-refractivity contribution < 1.29 is 8.39 Å². The van der Waals surface area contributed by atoms with Crippen LogP contribution in [-0.2, 0) is 0 Å². The molecule has 0 saturated carbocycles. The zero-order valence-corrected chi connectivity index (χ0v) is 15.6. The minimum atomic E-state index is -6.59. The van der Waals surface area contributed by atoms with E-state index in [2.05, 4.69) is 0 Å². The van der Waals surface area contributed by atoms with Gasteiger partial charge in [0.25, 0.3) is 0 Å². The zero-order chi connectivity index (χ0) is 18.9. The van der Waals surface area contributed by atoms with Crippen LogP contribution < -0.4 is 21.2 Å². The van der Waals surface area contributed by atoms with Gasteiger partial charge in [-0.3, -0.25) is 0 Å². The summed E-state index contributed by atoms with van der Waals surface area (Å²) >= 11 is 0. The molecule has 0 fully saturated rings. The Labute approximate surface area is 157 Å². The SMILES string of the molecule is F[P-](F)(c1ccccc1)(c1ccccc1)(c1ccccc1)c1ccccc1. The molecule has 0 aliphatic carbocycles. The van der Waals surface area contributed by atoms with Gasteiger partial charge in [-0.05, 0) is 0 Å². The van der Waals surface area contributed by atoms with Crippen LogP contribution >= 0.6 is 6.57 Å². The molecule has 0 saturated heterocycles. The van der Waals surface area contributed by atoms with Crippen LogP contribution in [0.4, 0.5) is 8.39 Å². The van der Waals surface area contributed by atoms with Crippen LogP contribution in [0.1, 0.15) is 0 Å². The van der Waals surface area contributed by atoms with E-state index in [9.17, 15) is 0 Å². The molecule has 0 radical (unpaired) electrons. The van der Waals surface area contributed by atoms with Crippen LogP contribution in [-0.4, -0.2) is 0 Å². The van der Waals surface area contributed by atoms with Crippen molar-refractivity contribution in [3.63, 3.8) is 0 Å². The maximum absolute atomic E-state index is 18.3. The summed E-state index contributed by atoms with van der Waals surface area (Å²) in [6, 6.07) is 33.1. The van der Waals surface area contributed by atoms with Crippen molar-refractivity contribution in [2.75, 3.05) is 0 Å². The molecule has 27 heavy (non-hydrogen) atoms. The first-order valence-electron chi connectivity index (χ1n) is 8.88. The summed E-state index contributed by atoms with van der Waals surface area (Å²) in [4.78, 5) is 0. The first-order valence-corrected chi connectivity index (χ1v) is 11.3. The molecule has 4 aromatic carbocycles. The molecule has 0 atom stereocenters. The molecule has 4 rings (SSSR count). The van der Waals surface area contributed by atoms with Crippen LogP contribution in [0.25, 0.3) is 0 Å². The third-order valence-corrected chi connectivity index (χ3v) is 11.2. The van der Waals surface area contributed by atoms with Crippen LogP contribution in [0.5, 0.6) is 0 Å². The van der Waals surface area contributed by atoms with Gasteiger partial charge in [0.2, 0.25) is 0 Å². The van der Waals surface area contributed by atoms with Crippen molar-refractivity contribution in [1.82, 2.24) is 0 Å². The Balaban J connectivity index is 2.33. The predicted molar refractivity (Wildman–Crippen MR) is 113 cm³/mol. The number of hydrogen-bond donors (Lipinski definition) is 0. The van der Waals surface area contributed by atoms with Crippen molar-refractivity contribution >= 4 is 27.8 Å². The standard InChI is InChI=1S/C24H20F2P/c25-27(26,21-13-5-1-6-14-21,22-15-7-2-8-16-22,23-17-9-3-10-18-23)24-19-11-4-12-20-24/h1-20H/q-1. The Bertz CT molecular complexity index is 881. The third-order valence-electron chi connectivity index (χ3n) is 5.35. The zero-order valence-electron chi connectivity index (χ0n) is 14.8. The molecule has 0 bridgehead atoms. The Morgan fingerprint density at radius 2 is 0.519 bits per heavy atom. The first-order chi connectivity index (χ1) is 13.0. The Morgan fingerprint density at radius 3 is 0.704 bits per heavy atom. The van der Waals surface area contributed by atoms with E-state index < -0.39 is 6.57 Å². The van der Waals surface area contributed by atoms with E-state index in [-0.39, 0.29) is 21.2 Å². The van der Waals surface area contributed by atoms with E-state index in [4.69, 9.17) is 0 Å². The molecule has 3 heteroatoms. The van der Waals surface area contributed by atoms with Crippen molar-refractivity contribution in [2.45, 2.75) is 0 Å². The quantitative estimate of drug-likeness (QED) is 0.432. The number of rotatable bonds is 4. The number of hydrogen-bond acceptors (Lipinski definition) is 0. The summed E-state index contributed by atoms with van der Waals surface area (Å²) in [5.41, 5.74) is 0. The van der Waals surface area contributed by atoms with Gasteiger partial charge in [0.05, 0.1) is 0 Å². The molecule has 0 amide bonds. The molecule has 4 aromatic rings. The van der Waals surface area contributed by atoms with Crippen molar-refractivity contribution in [2.24, 2.45) is 0 Å². The fourth-order valence-electron chi connectivity index (χ4n) is 3.95. The van der Waals surface area contributed by atoms with Gasteiger partial charge in [-0.1, -0.05) is 0 Å². The maximum atomic E-state index is 18.3. The van der Waals surface area contributed by atoms with E-state index in [1.54, 1.807) is 121 Å². The second-order valence-electron chi connectivity index (χ2n) is 6.75. The average molecular weight is 377 g/mol. The summed E-state index contributed by atoms with van der Waals surface area (Å²) in [7, 11) is 0. The average Bonchev–Trinajstić information content (AvgIpc) is 2.77. The summed E-state index contributed by atoms with van der Waals surface area (Å²) in [6.07, 6.45) is 0. The second kappa shape index (κ2) is 5.84. The van der Waals surface area contributed by atoms with Gasteiger partial charge in [-0.2, -0.15) is 0 Å². The Morgan fingerprint density at radius 1 is 0.333 bits per heavy atom. The molecular formula is C24H20F2P-. The van der Waals surface area contributed by atoms with Crippen LogP contribution in [0, 0.1) is 0 Å². The van der Waals surface area contributed by atoms with E-state index in [1.165, 1.54) is 0 Å². The van der Waals surface area contributed by atoms with E-state index in [1.807, 2.05) is 0 Å². The van der Waals surface area contributed by atoms with Crippen LogP contribution in [0.15, 0.2) is 121 Å². The first kappa shape index (κ1) is 17.6. The van der Waals surface area contributed by atoms with E-state index >= 15 is 8.39 Å². The summed E-state index contributed by atoms with van der Waals surface area (Å²) in [5, 5.41) is 0.189. The topological polar surface area (TPSA) is 0 Å². The summed E-state index contributed by atoms with van der Waals surface area (Å²) in [6.45, 7) is -6.59. The molecular weight excluding hydrogens is 357 g/mol. The second-order valence-corrected chi connectivity index (χ2v) is 11.6. The van der Waals surface area contributed by atoms with E-state index in [0.717, 1.165) is 0 Å². The molecule has 0 aliphatic rings. The fraction of sp³-hybridized carbons (Fsp3) is 0. The molecule has 0 spiro atoms. The minimum absolute atomic E-state index is 0.0473. The molecule has 0 N–H and O–H groups in total. The predicted octanol–water partition coefficient (Wildman–Crippen LogP) is 5.15. The van der Waals surface area contributed by atoms with E-state index in [0.29, 0.717) is 0 Å². The Kier molecular flexibility index (Phi) is 3.80. The monoisotopic (exact) mass is 377 g/mol. The van der Waals surface area contributed by atoms with Gasteiger partial charge in [-0.25, -0.2) is 0 Å². The van der Waals surface area contributed by atoms with Gasteiger partial charge in [0, 0.05) is 0 Å². The van der Waals surface area contributed by atoms with Gasteiger partial charge >= 0.3 is 158 Å². The van der Waals surface area contributed by atoms with Crippen molar-refractivity contribution in [1.29, 1.82) is 0 Å². The van der Waals surface area contributed by atoms with Gasteiger partial charge in [0.1, 0.15) is 0 Å². The number of halogens is 2. The fourth-order valence-corrected chi connectivity index (χ4v) is 9.12. The molecule has 0 unspecified atom stereocenters. The molecule has 0 aromatic heterocycles. The normalized spacial score (nSPS) is 14.1. The number of benzene rings is 4. The van der Waals surface area contributed by atoms with Gasteiger partial charge < -0.3 is 0 Å². The molecule has 0 aliphatic heterocycles. The molecule has 136 valence electrons. The summed E-state index contributed by atoms with van der Waals surface area (Å²) < 4.78 is 36.5.